The van der Waals surface area contributed by atoms with E-state index in [2.05, 4.69) is 26.6 Å². The lowest BCUT2D eigenvalue weighted by Crippen LogP contribution is -2.58. The number of carbonyl (C=O) groups excluding carboxylic acids is 5. The first kappa shape index (κ1) is 40.4. The van der Waals surface area contributed by atoms with Gasteiger partial charge < -0.3 is 36.8 Å². The van der Waals surface area contributed by atoms with Crippen LogP contribution < -0.4 is 26.6 Å². The zero-order chi connectivity index (χ0) is 35.0. The first-order valence-corrected chi connectivity index (χ1v) is 16.6. The van der Waals surface area contributed by atoms with Crippen molar-refractivity contribution in [3.8, 4) is 5.75 Å². The van der Waals surface area contributed by atoms with Crippen molar-refractivity contribution in [2.24, 2.45) is 17.8 Å². The second kappa shape index (κ2) is 20.5. The Hall–Kier alpha value is -3.67. The molecule has 0 fully saturated rings. The maximum absolute atomic E-state index is 13.5. The summed E-state index contributed by atoms with van der Waals surface area (Å²) in [5.74, 6) is -2.42. The molecule has 260 valence electrons. The third-order valence-corrected chi connectivity index (χ3v) is 7.85. The molecular weight excluding hydrogens is 590 g/mol. The number of likely N-dealkylation sites (N-methyl/N-ethyl adjacent to an activating group) is 1. The molecule has 1 aromatic carbocycles. The molecule has 46 heavy (non-hydrogen) atoms. The number of phenolic OH excluding ortho intramolecular Hbond substituents is 1. The van der Waals surface area contributed by atoms with E-state index in [0.29, 0.717) is 37.8 Å². The molecule has 0 aliphatic rings. The van der Waals surface area contributed by atoms with Crippen LogP contribution in [-0.4, -0.2) is 76.6 Å². The molecule has 7 N–H and O–H groups in total. The number of aliphatic hydroxyl groups excluding tert-OH is 1. The normalized spacial score (nSPS) is 15.2. The first-order valence-electron chi connectivity index (χ1n) is 16.6. The lowest BCUT2D eigenvalue weighted by molar-refractivity contribution is -0.134. The molecule has 0 aromatic heterocycles. The SMILES string of the molecule is CCC[C@H](NC(=O)[C@@H](NC(=O)Cc1ccc(O)cc1)[C@@H](C)CC)C(=O)N[C@@H](CC(C)C)[C@@H](O)CC(=O)N[C@H](C(=O)NCC)C(C)C. The minimum absolute atomic E-state index is 0.0168. The Kier molecular flexibility index (Phi) is 17.9. The lowest BCUT2D eigenvalue weighted by atomic mass is 9.95. The van der Waals surface area contributed by atoms with Crippen LogP contribution in [0, 0.1) is 17.8 Å². The van der Waals surface area contributed by atoms with Crippen LogP contribution in [0.1, 0.15) is 93.1 Å². The Bertz CT molecular complexity index is 1130. The molecule has 0 aliphatic carbocycles. The fraction of sp³-hybridized carbons (Fsp3) is 0.676. The number of hydrogen-bond acceptors (Lipinski definition) is 7. The maximum Gasteiger partial charge on any atom is 0.243 e. The summed E-state index contributed by atoms with van der Waals surface area (Å²) >= 11 is 0. The number of aromatic hydroxyl groups is 1. The molecule has 0 unspecified atom stereocenters. The first-order chi connectivity index (χ1) is 21.6. The maximum atomic E-state index is 13.5. The molecule has 0 saturated heterocycles. The van der Waals surface area contributed by atoms with E-state index in [0.717, 1.165) is 0 Å². The van der Waals surface area contributed by atoms with Crippen LogP contribution in [0.5, 0.6) is 5.75 Å². The van der Waals surface area contributed by atoms with E-state index in [4.69, 9.17) is 0 Å². The minimum atomic E-state index is -1.24. The van der Waals surface area contributed by atoms with Crippen molar-refractivity contribution in [3.05, 3.63) is 29.8 Å². The molecule has 1 aromatic rings. The zero-order valence-corrected chi connectivity index (χ0v) is 28.8. The van der Waals surface area contributed by atoms with Gasteiger partial charge in [0.05, 0.1) is 25.0 Å². The van der Waals surface area contributed by atoms with Gasteiger partial charge in [0.15, 0.2) is 0 Å². The van der Waals surface area contributed by atoms with Crippen LogP contribution in [0.15, 0.2) is 24.3 Å². The molecule has 12 heteroatoms. The van der Waals surface area contributed by atoms with E-state index in [1.807, 2.05) is 48.5 Å². The molecule has 6 atom stereocenters. The van der Waals surface area contributed by atoms with Crippen LogP contribution in [0.4, 0.5) is 0 Å². The molecule has 0 heterocycles. The number of aliphatic hydroxyl groups is 1. The summed E-state index contributed by atoms with van der Waals surface area (Å²) in [6.45, 7) is 15.3. The summed E-state index contributed by atoms with van der Waals surface area (Å²) < 4.78 is 0. The lowest BCUT2D eigenvalue weighted by Gasteiger charge is -2.30. The van der Waals surface area contributed by atoms with Gasteiger partial charge in [0.25, 0.3) is 0 Å². The number of amides is 5. The van der Waals surface area contributed by atoms with Gasteiger partial charge in [-0.15, -0.1) is 0 Å². The van der Waals surface area contributed by atoms with Crippen LogP contribution in [-0.2, 0) is 30.4 Å². The van der Waals surface area contributed by atoms with Gasteiger partial charge in [0, 0.05) is 6.54 Å². The van der Waals surface area contributed by atoms with E-state index in [1.165, 1.54) is 12.1 Å². The average molecular weight is 648 g/mol. The summed E-state index contributed by atoms with van der Waals surface area (Å²) in [4.78, 5) is 65.1. The van der Waals surface area contributed by atoms with Gasteiger partial charge >= 0.3 is 0 Å². The predicted octanol–water partition coefficient (Wildman–Crippen LogP) is 2.31. The fourth-order valence-corrected chi connectivity index (χ4v) is 5.03. The highest BCUT2D eigenvalue weighted by Crippen LogP contribution is 2.15. The van der Waals surface area contributed by atoms with Crippen molar-refractivity contribution >= 4 is 29.5 Å². The van der Waals surface area contributed by atoms with Crippen molar-refractivity contribution in [1.29, 1.82) is 0 Å². The van der Waals surface area contributed by atoms with Crippen LogP contribution in [0.25, 0.3) is 0 Å². The molecule has 12 nitrogen and oxygen atoms in total. The minimum Gasteiger partial charge on any atom is -0.508 e. The highest BCUT2D eigenvalue weighted by atomic mass is 16.3. The van der Waals surface area contributed by atoms with Crippen molar-refractivity contribution in [2.75, 3.05) is 6.54 Å². The summed E-state index contributed by atoms with van der Waals surface area (Å²) in [5, 5.41) is 34.4. The Balaban J connectivity index is 3.02. The highest BCUT2D eigenvalue weighted by Gasteiger charge is 2.33. The Morgan fingerprint density at radius 2 is 1.37 bits per heavy atom. The molecule has 0 bridgehead atoms. The van der Waals surface area contributed by atoms with Gasteiger partial charge in [0.2, 0.25) is 29.5 Å². The zero-order valence-electron chi connectivity index (χ0n) is 28.8. The van der Waals surface area contributed by atoms with E-state index in [9.17, 15) is 34.2 Å². The van der Waals surface area contributed by atoms with Crippen LogP contribution in [0.3, 0.4) is 0 Å². The number of carbonyl (C=O) groups is 5. The van der Waals surface area contributed by atoms with Gasteiger partial charge in [-0.05, 0) is 55.2 Å². The van der Waals surface area contributed by atoms with Crippen molar-refractivity contribution in [1.82, 2.24) is 26.6 Å². The van der Waals surface area contributed by atoms with Gasteiger partial charge in [0.1, 0.15) is 23.9 Å². The van der Waals surface area contributed by atoms with E-state index >= 15 is 0 Å². The van der Waals surface area contributed by atoms with Gasteiger partial charge in [-0.25, -0.2) is 0 Å². The Morgan fingerprint density at radius 3 is 1.89 bits per heavy atom. The average Bonchev–Trinajstić information content (AvgIpc) is 2.98. The third-order valence-electron chi connectivity index (χ3n) is 7.85. The van der Waals surface area contributed by atoms with E-state index in [-0.39, 0.29) is 48.2 Å². The molecule has 0 aliphatic heterocycles. The summed E-state index contributed by atoms with van der Waals surface area (Å²) in [6.07, 6.45) is 0.329. The van der Waals surface area contributed by atoms with Crippen LogP contribution >= 0.6 is 0 Å². The molecule has 0 radical (unpaired) electrons. The van der Waals surface area contributed by atoms with Gasteiger partial charge in [-0.3, -0.25) is 24.0 Å². The Labute approximate surface area is 274 Å². The summed E-state index contributed by atoms with van der Waals surface area (Å²) in [5.41, 5.74) is 0.675. The largest absolute Gasteiger partial charge is 0.508 e. The number of benzene rings is 1. The van der Waals surface area contributed by atoms with Crippen molar-refractivity contribution in [3.63, 3.8) is 0 Å². The Morgan fingerprint density at radius 1 is 0.761 bits per heavy atom. The molecule has 0 spiro atoms. The molecule has 1 rings (SSSR count). The summed E-state index contributed by atoms with van der Waals surface area (Å²) in [7, 11) is 0. The number of nitrogens with one attached hydrogen (secondary N) is 5. The second-order valence-electron chi connectivity index (χ2n) is 12.8. The fourth-order valence-electron chi connectivity index (χ4n) is 5.03. The number of rotatable bonds is 20. The smallest absolute Gasteiger partial charge is 0.243 e. The van der Waals surface area contributed by atoms with Crippen LogP contribution in [0.2, 0.25) is 0 Å². The highest BCUT2D eigenvalue weighted by molar-refractivity contribution is 5.93. The second-order valence-corrected chi connectivity index (χ2v) is 12.8. The van der Waals surface area contributed by atoms with E-state index in [1.54, 1.807) is 19.1 Å². The quantitative estimate of drug-likeness (QED) is 0.113. The predicted molar refractivity (Wildman–Crippen MR) is 177 cm³/mol. The van der Waals surface area contributed by atoms with Crippen molar-refractivity contribution < 1.29 is 34.2 Å². The standard InChI is InChI=1S/C34H57N5O7/c1-9-12-25(36-34(46)31(22(8)10-2)39-28(42)18-23-13-15-24(40)16-14-23)32(44)37-26(17-20(4)5)27(41)19-29(43)38-30(21(6)7)33(45)35-11-3/h13-16,20-22,25-27,30-31,40-41H,9-12,17-19H2,1-8H3,(H,35,45)(H,36,46)(H,37,44)(H,38,43)(H,39,42)/t22-,25-,26-,27-,30-,31-/m0/s1. The summed E-state index contributed by atoms with van der Waals surface area (Å²) in [6, 6.07) is 2.87. The van der Waals surface area contributed by atoms with Crippen molar-refractivity contribution in [2.45, 2.75) is 124 Å². The van der Waals surface area contributed by atoms with Gasteiger partial charge in [-0.2, -0.15) is 0 Å². The monoisotopic (exact) mass is 647 g/mol. The van der Waals surface area contributed by atoms with E-state index < -0.39 is 48.0 Å². The third kappa shape index (κ3) is 14.2. The number of phenols is 1. The molecule has 5 amide bonds. The molecular formula is C34H57N5O7. The van der Waals surface area contributed by atoms with Gasteiger partial charge in [-0.1, -0.05) is 73.4 Å². The number of hydrogen-bond donors (Lipinski definition) is 7. The molecule has 0 saturated carbocycles. The topological polar surface area (TPSA) is 186 Å².